The number of nitrogens with one attached hydrogen (secondary N) is 1. The number of nitrogens with zero attached hydrogens (tertiary/aromatic N) is 1. The second kappa shape index (κ2) is 9.66. The summed E-state index contributed by atoms with van der Waals surface area (Å²) in [5, 5.41) is 13.9. The molecule has 0 aliphatic carbocycles. The van der Waals surface area contributed by atoms with E-state index in [0.29, 0.717) is 10.7 Å². The summed E-state index contributed by atoms with van der Waals surface area (Å²) in [7, 11) is -1.89. The molecule has 156 valence electrons. The predicted octanol–water partition coefficient (Wildman–Crippen LogP) is 3.24. The predicted molar refractivity (Wildman–Crippen MR) is 117 cm³/mol. The highest BCUT2D eigenvalue weighted by Gasteiger charge is 2.13. The van der Waals surface area contributed by atoms with Crippen molar-refractivity contribution in [1.82, 2.24) is 4.98 Å². The van der Waals surface area contributed by atoms with Gasteiger partial charge in [-0.2, -0.15) is 0 Å². The van der Waals surface area contributed by atoms with Gasteiger partial charge in [0.05, 0.1) is 30.1 Å². The third-order valence-electron chi connectivity index (χ3n) is 4.15. The Hall–Kier alpha value is -3.01. The maximum Gasteiger partial charge on any atom is 0.250 e. The molecule has 0 saturated heterocycles. The number of carbonyl (C=O) groups is 1. The standard InChI is InChI=1S/C21H20N2O5S2/c1-28-17-7-5-16(6-8-17)19-14-29-21(22-19)23-20(25)11-4-15-2-9-18(10-3-15)30(26,27)13-12-24/h2-11,14,24H,12-13H2,1H3,(H,22,23,25)/b11-4-. The topological polar surface area (TPSA) is 106 Å². The van der Waals surface area contributed by atoms with Crippen LogP contribution in [0.2, 0.25) is 0 Å². The van der Waals surface area contributed by atoms with Crippen LogP contribution in [0.3, 0.4) is 0 Å². The Kier molecular flexibility index (Phi) is 6.99. The minimum absolute atomic E-state index is 0.131. The second-order valence-electron chi connectivity index (χ2n) is 6.20. The van der Waals surface area contributed by atoms with Crippen LogP contribution in [0.25, 0.3) is 17.3 Å². The average Bonchev–Trinajstić information content (AvgIpc) is 3.21. The van der Waals surface area contributed by atoms with Gasteiger partial charge in [0, 0.05) is 17.0 Å². The van der Waals surface area contributed by atoms with E-state index in [1.54, 1.807) is 25.3 Å². The zero-order valence-corrected chi connectivity index (χ0v) is 17.7. The van der Waals surface area contributed by atoms with Crippen LogP contribution in [0.1, 0.15) is 5.56 Å². The van der Waals surface area contributed by atoms with Crippen molar-refractivity contribution >= 4 is 38.3 Å². The fourth-order valence-corrected chi connectivity index (χ4v) is 4.32. The molecular formula is C21H20N2O5S2. The Morgan fingerprint density at radius 3 is 2.50 bits per heavy atom. The van der Waals surface area contributed by atoms with Crippen LogP contribution in [0.5, 0.6) is 5.75 Å². The molecule has 0 radical (unpaired) electrons. The lowest BCUT2D eigenvalue weighted by Crippen LogP contribution is -2.09. The van der Waals surface area contributed by atoms with Gasteiger partial charge >= 0.3 is 0 Å². The van der Waals surface area contributed by atoms with Crippen molar-refractivity contribution in [2.75, 3.05) is 24.8 Å². The number of aliphatic hydroxyl groups is 1. The number of anilines is 1. The molecule has 0 fully saturated rings. The fraction of sp³-hybridized carbons (Fsp3) is 0.143. The summed E-state index contributed by atoms with van der Waals surface area (Å²) < 4.78 is 28.9. The number of hydrogen-bond acceptors (Lipinski definition) is 7. The van der Waals surface area contributed by atoms with E-state index in [-0.39, 0.29) is 16.6 Å². The van der Waals surface area contributed by atoms with Crippen LogP contribution < -0.4 is 10.1 Å². The van der Waals surface area contributed by atoms with Crippen molar-refractivity contribution < 1.29 is 23.1 Å². The monoisotopic (exact) mass is 444 g/mol. The first-order chi connectivity index (χ1) is 14.4. The molecule has 30 heavy (non-hydrogen) atoms. The summed E-state index contributed by atoms with van der Waals surface area (Å²) in [6, 6.07) is 13.6. The van der Waals surface area contributed by atoms with E-state index >= 15 is 0 Å². The quantitative estimate of drug-likeness (QED) is 0.517. The maximum absolute atomic E-state index is 12.2. The molecular weight excluding hydrogens is 424 g/mol. The van der Waals surface area contributed by atoms with Crippen LogP contribution in [0.4, 0.5) is 5.13 Å². The molecule has 0 unspecified atom stereocenters. The normalized spacial score (nSPS) is 11.5. The Morgan fingerprint density at radius 1 is 1.17 bits per heavy atom. The van der Waals surface area contributed by atoms with Gasteiger partial charge in [0.1, 0.15) is 5.75 Å². The summed E-state index contributed by atoms with van der Waals surface area (Å²) in [5.74, 6) is 0.0889. The number of hydrogen-bond donors (Lipinski definition) is 2. The van der Waals surface area contributed by atoms with Crippen molar-refractivity contribution in [2.45, 2.75) is 4.90 Å². The van der Waals surface area contributed by atoms with E-state index in [1.807, 2.05) is 29.6 Å². The SMILES string of the molecule is COc1ccc(-c2csc(NC(=O)/C=C\c3ccc(S(=O)(=O)CCO)cc3)n2)cc1. The lowest BCUT2D eigenvalue weighted by molar-refractivity contribution is -0.111. The molecule has 0 spiro atoms. The van der Waals surface area contributed by atoms with E-state index in [0.717, 1.165) is 17.0 Å². The van der Waals surface area contributed by atoms with Gasteiger partial charge in [-0.05, 0) is 48.0 Å². The summed E-state index contributed by atoms with van der Waals surface area (Å²) >= 11 is 1.32. The first-order valence-corrected chi connectivity index (χ1v) is 11.5. The van der Waals surface area contributed by atoms with Crippen molar-refractivity contribution in [2.24, 2.45) is 0 Å². The number of ether oxygens (including phenoxy) is 1. The van der Waals surface area contributed by atoms with Crippen LogP contribution in [0.15, 0.2) is 64.9 Å². The summed E-state index contributed by atoms with van der Waals surface area (Å²) in [6.07, 6.45) is 2.93. The molecule has 7 nitrogen and oxygen atoms in total. The van der Waals surface area contributed by atoms with Gasteiger partial charge in [-0.15, -0.1) is 11.3 Å². The van der Waals surface area contributed by atoms with Gasteiger partial charge in [0.15, 0.2) is 15.0 Å². The molecule has 1 aromatic heterocycles. The van der Waals surface area contributed by atoms with Gasteiger partial charge in [0.25, 0.3) is 0 Å². The van der Waals surface area contributed by atoms with Gasteiger partial charge in [-0.25, -0.2) is 13.4 Å². The van der Waals surface area contributed by atoms with Gasteiger partial charge in [0.2, 0.25) is 5.91 Å². The highest BCUT2D eigenvalue weighted by Crippen LogP contribution is 2.26. The zero-order valence-electron chi connectivity index (χ0n) is 16.1. The van der Waals surface area contributed by atoms with Gasteiger partial charge < -0.3 is 9.84 Å². The number of amides is 1. The minimum Gasteiger partial charge on any atom is -0.497 e. The molecule has 1 amide bonds. The van der Waals surface area contributed by atoms with E-state index in [1.165, 1.54) is 29.5 Å². The smallest absolute Gasteiger partial charge is 0.250 e. The third kappa shape index (κ3) is 5.53. The number of thiazole rings is 1. The highest BCUT2D eigenvalue weighted by atomic mass is 32.2. The lowest BCUT2D eigenvalue weighted by atomic mass is 10.2. The molecule has 0 atom stereocenters. The van der Waals surface area contributed by atoms with Crippen molar-refractivity contribution in [1.29, 1.82) is 0 Å². The van der Waals surface area contributed by atoms with Crippen LogP contribution in [-0.4, -0.2) is 43.9 Å². The first kappa shape index (κ1) is 21.7. The van der Waals surface area contributed by atoms with Crippen LogP contribution in [-0.2, 0) is 14.6 Å². The fourth-order valence-electron chi connectivity index (χ4n) is 2.57. The summed E-state index contributed by atoms with van der Waals surface area (Å²) in [6.45, 7) is -0.429. The largest absolute Gasteiger partial charge is 0.497 e. The zero-order chi connectivity index (χ0) is 21.6. The molecule has 0 saturated carbocycles. The third-order valence-corrected chi connectivity index (χ3v) is 6.61. The Balaban J connectivity index is 1.61. The van der Waals surface area contributed by atoms with Crippen LogP contribution >= 0.6 is 11.3 Å². The van der Waals surface area contributed by atoms with Crippen molar-refractivity contribution in [3.8, 4) is 17.0 Å². The van der Waals surface area contributed by atoms with E-state index in [4.69, 9.17) is 9.84 Å². The van der Waals surface area contributed by atoms with Crippen LogP contribution in [0, 0.1) is 0 Å². The molecule has 3 rings (SSSR count). The molecule has 9 heteroatoms. The number of rotatable bonds is 8. The number of sulfone groups is 1. The molecule has 2 aromatic carbocycles. The highest BCUT2D eigenvalue weighted by molar-refractivity contribution is 7.91. The molecule has 0 aliphatic heterocycles. The Bertz CT molecular complexity index is 1130. The lowest BCUT2D eigenvalue weighted by Gasteiger charge is -2.02. The average molecular weight is 445 g/mol. The Labute approximate surface area is 178 Å². The van der Waals surface area contributed by atoms with Gasteiger partial charge in [-0.3, -0.25) is 10.1 Å². The Morgan fingerprint density at radius 2 is 1.87 bits per heavy atom. The number of aliphatic hydroxyl groups excluding tert-OH is 1. The number of aromatic nitrogens is 1. The summed E-state index contributed by atoms with van der Waals surface area (Å²) in [5.41, 5.74) is 2.34. The summed E-state index contributed by atoms with van der Waals surface area (Å²) in [4.78, 5) is 16.7. The van der Waals surface area contributed by atoms with Gasteiger partial charge in [-0.1, -0.05) is 12.1 Å². The van der Waals surface area contributed by atoms with E-state index in [2.05, 4.69) is 10.3 Å². The maximum atomic E-state index is 12.2. The molecule has 3 aromatic rings. The molecule has 0 aliphatic rings. The van der Waals surface area contributed by atoms with Crippen molar-refractivity contribution in [3.05, 3.63) is 65.6 Å². The number of benzene rings is 2. The van der Waals surface area contributed by atoms with E-state index in [9.17, 15) is 13.2 Å². The van der Waals surface area contributed by atoms with E-state index < -0.39 is 16.4 Å². The number of carbonyl (C=O) groups excluding carboxylic acids is 1. The minimum atomic E-state index is -3.49. The first-order valence-electron chi connectivity index (χ1n) is 8.94. The molecule has 1 heterocycles. The molecule has 2 N–H and O–H groups in total. The number of methoxy groups -OCH3 is 1. The molecule has 0 bridgehead atoms. The van der Waals surface area contributed by atoms with Crippen molar-refractivity contribution in [3.63, 3.8) is 0 Å². The second-order valence-corrected chi connectivity index (χ2v) is 9.17.